The van der Waals surface area contributed by atoms with Crippen LogP contribution in [0.25, 0.3) is 0 Å². The Labute approximate surface area is 185 Å². The molecule has 0 radical (unpaired) electrons. The lowest BCUT2D eigenvalue weighted by Crippen LogP contribution is -2.45. The molecule has 1 saturated carbocycles. The van der Waals surface area contributed by atoms with E-state index in [2.05, 4.69) is 10.2 Å². The van der Waals surface area contributed by atoms with E-state index < -0.39 is 9.84 Å². The van der Waals surface area contributed by atoms with Crippen molar-refractivity contribution >= 4 is 27.3 Å². The van der Waals surface area contributed by atoms with Gasteiger partial charge in [0.15, 0.2) is 9.84 Å². The number of hydrogen-bond acceptors (Lipinski definition) is 5. The molecule has 8 heteroatoms. The highest BCUT2D eigenvalue weighted by Crippen LogP contribution is 2.32. The molecule has 1 heterocycles. The van der Waals surface area contributed by atoms with Crippen molar-refractivity contribution in [3.8, 4) is 5.75 Å². The molecule has 1 aromatic rings. The van der Waals surface area contributed by atoms with Gasteiger partial charge in [0.1, 0.15) is 5.75 Å². The molecule has 168 valence electrons. The van der Waals surface area contributed by atoms with E-state index in [0.717, 1.165) is 19.4 Å². The first-order valence-corrected chi connectivity index (χ1v) is 13.0. The Morgan fingerprint density at radius 3 is 2.50 bits per heavy atom. The number of rotatable bonds is 7. The monoisotopic (exact) mass is 456 g/mol. The lowest BCUT2D eigenvalue weighted by Gasteiger charge is -2.32. The topological polar surface area (TPSA) is 75.7 Å². The summed E-state index contributed by atoms with van der Waals surface area (Å²) in [6, 6.07) is 3.69. The van der Waals surface area contributed by atoms with Crippen molar-refractivity contribution in [3.05, 3.63) is 22.7 Å². The van der Waals surface area contributed by atoms with Gasteiger partial charge in [0.05, 0.1) is 28.3 Å². The fourth-order valence-electron chi connectivity index (χ4n) is 4.73. The van der Waals surface area contributed by atoms with Crippen LogP contribution in [0.1, 0.15) is 68.6 Å². The number of nitrogens with zero attached hydrogens (tertiary/aromatic N) is 1. The van der Waals surface area contributed by atoms with Crippen LogP contribution in [0.15, 0.2) is 17.0 Å². The number of methoxy groups -OCH3 is 1. The number of carbonyl (C=O) groups is 1. The molecule has 1 amide bonds. The van der Waals surface area contributed by atoms with Crippen LogP contribution >= 0.6 is 11.6 Å². The minimum atomic E-state index is -3.54. The average Bonchev–Trinajstić information content (AvgIpc) is 3.04. The quantitative estimate of drug-likeness (QED) is 0.626. The van der Waals surface area contributed by atoms with E-state index in [9.17, 15) is 13.2 Å². The summed E-state index contributed by atoms with van der Waals surface area (Å²) in [7, 11) is -2.10. The maximum atomic E-state index is 13.0. The van der Waals surface area contributed by atoms with E-state index >= 15 is 0 Å². The molecular weight excluding hydrogens is 424 g/mol. The number of hydrogen-bond donors (Lipinski definition) is 1. The molecule has 3 rings (SSSR count). The van der Waals surface area contributed by atoms with E-state index in [1.54, 1.807) is 6.92 Å². The van der Waals surface area contributed by atoms with Crippen LogP contribution < -0.4 is 10.1 Å². The van der Waals surface area contributed by atoms with Crippen molar-refractivity contribution in [1.82, 2.24) is 10.2 Å². The first kappa shape index (κ1) is 23.4. The molecule has 0 spiro atoms. The number of nitrogens with one attached hydrogen (secondary N) is 1. The highest BCUT2D eigenvalue weighted by Gasteiger charge is 2.31. The van der Waals surface area contributed by atoms with Gasteiger partial charge < -0.3 is 10.1 Å². The van der Waals surface area contributed by atoms with Gasteiger partial charge in [-0.15, -0.1) is 0 Å². The van der Waals surface area contributed by atoms with Gasteiger partial charge in [0.2, 0.25) is 0 Å². The Morgan fingerprint density at radius 2 is 1.87 bits per heavy atom. The van der Waals surface area contributed by atoms with E-state index in [1.165, 1.54) is 57.8 Å². The van der Waals surface area contributed by atoms with Crippen molar-refractivity contribution in [2.24, 2.45) is 0 Å². The third-order valence-electron chi connectivity index (χ3n) is 6.43. The fraction of sp³-hybridized carbons (Fsp3) is 0.682. The van der Waals surface area contributed by atoms with E-state index in [-0.39, 0.29) is 32.9 Å². The summed E-state index contributed by atoms with van der Waals surface area (Å²) in [5.41, 5.74) is 0.202. The summed E-state index contributed by atoms with van der Waals surface area (Å²) in [6.45, 7) is 3.20. The van der Waals surface area contributed by atoms with Crippen molar-refractivity contribution in [2.75, 3.05) is 26.0 Å². The highest BCUT2D eigenvalue weighted by atomic mass is 35.5. The Kier molecular flexibility index (Phi) is 8.04. The Morgan fingerprint density at radius 1 is 1.17 bits per heavy atom. The normalized spacial score (nSPS) is 21.4. The second kappa shape index (κ2) is 10.3. The molecule has 1 aliphatic heterocycles. The van der Waals surface area contributed by atoms with Crippen LogP contribution in [0.5, 0.6) is 5.75 Å². The van der Waals surface area contributed by atoms with Gasteiger partial charge in [-0.05, 0) is 38.3 Å². The molecule has 30 heavy (non-hydrogen) atoms. The maximum absolute atomic E-state index is 13.0. The van der Waals surface area contributed by atoms with Gasteiger partial charge in [-0.3, -0.25) is 9.69 Å². The predicted octanol–water partition coefficient (Wildman–Crippen LogP) is 4.06. The molecule has 6 nitrogen and oxygen atoms in total. The van der Waals surface area contributed by atoms with Crippen LogP contribution in [-0.2, 0) is 9.84 Å². The molecule has 0 aromatic heterocycles. The van der Waals surface area contributed by atoms with Crippen LogP contribution in [0.2, 0.25) is 5.02 Å². The summed E-state index contributed by atoms with van der Waals surface area (Å²) in [5, 5.41) is 3.09. The second-order valence-electron chi connectivity index (χ2n) is 8.28. The number of likely N-dealkylation sites (tertiary alicyclic amines) is 1. The average molecular weight is 457 g/mol. The molecule has 1 atom stereocenters. The maximum Gasteiger partial charge on any atom is 0.255 e. The predicted molar refractivity (Wildman–Crippen MR) is 119 cm³/mol. The molecule has 2 aliphatic rings. The minimum absolute atomic E-state index is 0.0291. The molecule has 0 bridgehead atoms. The van der Waals surface area contributed by atoms with E-state index in [1.807, 2.05) is 0 Å². The minimum Gasteiger partial charge on any atom is -0.496 e. The van der Waals surface area contributed by atoms with Gasteiger partial charge >= 0.3 is 0 Å². The van der Waals surface area contributed by atoms with Crippen LogP contribution in [0.3, 0.4) is 0 Å². The van der Waals surface area contributed by atoms with Gasteiger partial charge in [-0.1, -0.05) is 44.2 Å². The van der Waals surface area contributed by atoms with Gasteiger partial charge in [-0.2, -0.15) is 0 Å². The van der Waals surface area contributed by atoms with Crippen LogP contribution in [-0.4, -0.2) is 57.3 Å². The smallest absolute Gasteiger partial charge is 0.255 e. The molecule has 1 aromatic carbocycles. The third kappa shape index (κ3) is 5.29. The largest absolute Gasteiger partial charge is 0.496 e. The number of benzene rings is 1. The van der Waals surface area contributed by atoms with Crippen molar-refractivity contribution < 1.29 is 17.9 Å². The number of ether oxygens (including phenoxy) is 1. The van der Waals surface area contributed by atoms with E-state index in [0.29, 0.717) is 18.6 Å². The lowest BCUT2D eigenvalue weighted by molar-refractivity contribution is 0.0924. The second-order valence-corrected chi connectivity index (χ2v) is 10.9. The zero-order valence-electron chi connectivity index (χ0n) is 18.0. The molecule has 1 aliphatic carbocycles. The summed E-state index contributed by atoms with van der Waals surface area (Å²) in [6.07, 6.45) is 9.94. The molecule has 1 N–H and O–H groups in total. The zero-order valence-corrected chi connectivity index (χ0v) is 19.5. The molecular formula is C22H33ClN2O4S. The standard InChI is InChI=1S/C22H33ClN2O4S/c1-3-30(27,28)21-13-18(20(29-2)14-19(21)23)22(26)24-15-17-11-8-12-25(17)16-9-6-4-5-7-10-16/h13-14,16-17H,3-12,15H2,1-2H3,(H,24,26). The molecule has 2 fully saturated rings. The van der Waals surface area contributed by atoms with Crippen molar-refractivity contribution in [2.45, 2.75) is 75.3 Å². The first-order valence-electron chi connectivity index (χ1n) is 11.0. The Balaban J connectivity index is 1.73. The number of carbonyl (C=O) groups excluding carboxylic acids is 1. The van der Waals surface area contributed by atoms with Crippen LogP contribution in [0.4, 0.5) is 0 Å². The lowest BCUT2D eigenvalue weighted by atomic mass is 10.1. The van der Waals surface area contributed by atoms with Crippen molar-refractivity contribution in [1.29, 1.82) is 0 Å². The van der Waals surface area contributed by atoms with Gasteiger partial charge in [-0.25, -0.2) is 8.42 Å². The number of amides is 1. The summed E-state index contributed by atoms with van der Waals surface area (Å²) in [5.74, 6) is -0.137. The summed E-state index contributed by atoms with van der Waals surface area (Å²) < 4.78 is 30.0. The highest BCUT2D eigenvalue weighted by molar-refractivity contribution is 7.91. The molecule has 1 saturated heterocycles. The third-order valence-corrected chi connectivity index (χ3v) is 8.62. The fourth-order valence-corrected chi connectivity index (χ4v) is 6.20. The van der Waals surface area contributed by atoms with Gasteiger partial charge in [0.25, 0.3) is 5.91 Å². The summed E-state index contributed by atoms with van der Waals surface area (Å²) in [4.78, 5) is 15.5. The zero-order chi connectivity index (χ0) is 21.7. The van der Waals surface area contributed by atoms with Crippen molar-refractivity contribution in [3.63, 3.8) is 0 Å². The molecule has 1 unspecified atom stereocenters. The Hall–Kier alpha value is -1.31. The summed E-state index contributed by atoms with van der Waals surface area (Å²) >= 11 is 6.15. The number of sulfone groups is 1. The SMILES string of the molecule is CCS(=O)(=O)c1cc(C(=O)NCC2CCCN2C2CCCCCC2)c(OC)cc1Cl. The van der Waals surface area contributed by atoms with Crippen LogP contribution in [0, 0.1) is 0 Å². The Bertz CT molecular complexity index is 851. The van der Waals surface area contributed by atoms with Gasteiger partial charge in [0, 0.05) is 24.7 Å². The first-order chi connectivity index (χ1) is 14.4. The number of halogens is 1. The van der Waals surface area contributed by atoms with E-state index in [4.69, 9.17) is 16.3 Å².